The van der Waals surface area contributed by atoms with Crippen LogP contribution in [-0.4, -0.2) is 33.7 Å². The molecule has 0 aliphatic carbocycles. The van der Waals surface area contributed by atoms with Gasteiger partial charge in [0, 0.05) is 24.2 Å². The van der Waals surface area contributed by atoms with E-state index in [2.05, 4.69) is 4.98 Å². The van der Waals surface area contributed by atoms with E-state index in [0.717, 1.165) is 24.8 Å². The van der Waals surface area contributed by atoms with Gasteiger partial charge in [-0.1, -0.05) is 11.6 Å². The molecule has 2 bridgehead atoms. The molecule has 22 heavy (non-hydrogen) atoms. The summed E-state index contributed by atoms with van der Waals surface area (Å²) in [5.41, 5.74) is 6.94. The molecular weight excluding hydrogens is 302 g/mol. The van der Waals surface area contributed by atoms with Crippen LogP contribution >= 0.6 is 11.6 Å². The van der Waals surface area contributed by atoms with Crippen molar-refractivity contribution < 1.29 is 9.53 Å². The monoisotopic (exact) mass is 323 g/mol. The molecule has 2 saturated heterocycles. The van der Waals surface area contributed by atoms with Crippen LogP contribution in [0.2, 0.25) is 5.15 Å². The summed E-state index contributed by atoms with van der Waals surface area (Å²) < 4.78 is 5.56. The molecule has 0 aromatic carbocycles. The number of nitrogens with zero attached hydrogens (tertiary/aromatic N) is 2. The van der Waals surface area contributed by atoms with Gasteiger partial charge in [-0.3, -0.25) is 0 Å². The second-order valence-electron chi connectivity index (χ2n) is 7.18. The lowest BCUT2D eigenvalue weighted by Gasteiger charge is -2.28. The minimum atomic E-state index is -0.471. The van der Waals surface area contributed by atoms with Gasteiger partial charge in [0.15, 0.2) is 5.15 Å². The second-order valence-corrected chi connectivity index (χ2v) is 7.54. The molecule has 1 amide bonds. The summed E-state index contributed by atoms with van der Waals surface area (Å²) in [7, 11) is 0. The van der Waals surface area contributed by atoms with Gasteiger partial charge in [0.1, 0.15) is 5.60 Å². The summed E-state index contributed by atoms with van der Waals surface area (Å²) in [6.45, 7) is 5.68. The Labute approximate surface area is 135 Å². The van der Waals surface area contributed by atoms with Gasteiger partial charge in [0.2, 0.25) is 0 Å². The minimum Gasteiger partial charge on any atom is -0.444 e. The van der Waals surface area contributed by atoms with Gasteiger partial charge in [-0.15, -0.1) is 0 Å². The first-order chi connectivity index (χ1) is 10.3. The van der Waals surface area contributed by atoms with E-state index in [9.17, 15) is 4.79 Å². The molecule has 5 nitrogen and oxygen atoms in total. The van der Waals surface area contributed by atoms with Crippen molar-refractivity contribution in [2.24, 2.45) is 0 Å². The normalized spacial score (nSPS) is 27.3. The Bertz CT molecular complexity index is 600. The van der Waals surface area contributed by atoms with Crippen LogP contribution in [0.1, 0.15) is 51.5 Å². The van der Waals surface area contributed by atoms with E-state index in [-0.39, 0.29) is 24.1 Å². The molecule has 0 spiro atoms. The number of halogens is 1. The van der Waals surface area contributed by atoms with E-state index in [1.807, 2.05) is 31.7 Å². The highest BCUT2D eigenvalue weighted by molar-refractivity contribution is 6.31. The number of carbonyl (C=O) groups is 1. The van der Waals surface area contributed by atoms with E-state index < -0.39 is 5.60 Å². The molecule has 0 saturated carbocycles. The Balaban J connectivity index is 1.81. The van der Waals surface area contributed by atoms with Gasteiger partial charge in [-0.25, -0.2) is 9.78 Å². The first-order valence-corrected chi connectivity index (χ1v) is 8.06. The summed E-state index contributed by atoms with van der Waals surface area (Å²) in [5.74, 6) is 0.262. The molecule has 2 fully saturated rings. The summed E-state index contributed by atoms with van der Waals surface area (Å²) in [6, 6.07) is 2.30. The fourth-order valence-corrected chi connectivity index (χ4v) is 3.73. The average molecular weight is 324 g/mol. The van der Waals surface area contributed by atoms with Gasteiger partial charge in [-0.05, 0) is 51.7 Å². The maximum Gasteiger partial charge on any atom is 0.410 e. The van der Waals surface area contributed by atoms with E-state index in [1.54, 1.807) is 6.20 Å². The Morgan fingerprint density at radius 2 is 2.18 bits per heavy atom. The van der Waals surface area contributed by atoms with Crippen LogP contribution in [0.4, 0.5) is 10.5 Å². The van der Waals surface area contributed by atoms with Gasteiger partial charge < -0.3 is 15.4 Å². The summed E-state index contributed by atoms with van der Waals surface area (Å²) in [6.07, 6.45) is 4.54. The van der Waals surface area contributed by atoms with Crippen LogP contribution in [0.5, 0.6) is 0 Å². The third-order valence-electron chi connectivity index (χ3n) is 4.46. The van der Waals surface area contributed by atoms with Crippen molar-refractivity contribution in [1.29, 1.82) is 0 Å². The van der Waals surface area contributed by atoms with Gasteiger partial charge >= 0.3 is 6.09 Å². The van der Waals surface area contributed by atoms with Crippen molar-refractivity contribution in [3.05, 3.63) is 23.0 Å². The molecule has 1 aromatic rings. The molecule has 3 rings (SSSR count). The maximum absolute atomic E-state index is 12.5. The number of carbonyl (C=O) groups excluding carboxylic acids is 1. The number of nitrogen functional groups attached to an aromatic ring is 1. The zero-order valence-corrected chi connectivity index (χ0v) is 13.9. The summed E-state index contributed by atoms with van der Waals surface area (Å²) in [5, 5.41) is 0.330. The zero-order valence-electron chi connectivity index (χ0n) is 13.2. The van der Waals surface area contributed by atoms with Crippen molar-refractivity contribution in [3.63, 3.8) is 0 Å². The number of ether oxygens (including phenoxy) is 1. The Hall–Kier alpha value is -1.49. The smallest absolute Gasteiger partial charge is 0.410 e. The molecule has 120 valence electrons. The Morgan fingerprint density at radius 3 is 2.82 bits per heavy atom. The van der Waals surface area contributed by atoms with E-state index in [0.29, 0.717) is 10.8 Å². The highest BCUT2D eigenvalue weighted by Gasteiger charge is 2.50. The van der Waals surface area contributed by atoms with Crippen LogP contribution in [0.3, 0.4) is 0 Å². The number of hydrogen-bond acceptors (Lipinski definition) is 4. The van der Waals surface area contributed by atoms with Gasteiger partial charge in [-0.2, -0.15) is 0 Å². The van der Waals surface area contributed by atoms with E-state index in [4.69, 9.17) is 22.1 Å². The summed E-state index contributed by atoms with van der Waals surface area (Å²) >= 11 is 5.90. The lowest BCUT2D eigenvalue weighted by atomic mass is 9.84. The zero-order chi connectivity index (χ0) is 16.1. The standard InChI is InChI=1S/C16H22ClN3O2/c1-16(2,3)22-15(21)20-10-4-5-13(20)11(7-10)9-6-12(18)14(17)19-8-9/h6,8,10-11,13H,4-5,7,18H2,1-3H3. The quantitative estimate of drug-likeness (QED) is 0.802. The highest BCUT2D eigenvalue weighted by atomic mass is 35.5. The predicted octanol–water partition coefficient (Wildman–Crippen LogP) is 3.57. The average Bonchev–Trinajstić information content (AvgIpc) is 2.97. The molecular formula is C16H22ClN3O2. The maximum atomic E-state index is 12.5. The van der Waals surface area contributed by atoms with Crippen LogP contribution in [0.15, 0.2) is 12.3 Å². The number of fused-ring (bicyclic) bond motifs is 2. The minimum absolute atomic E-state index is 0.169. The Morgan fingerprint density at radius 1 is 1.45 bits per heavy atom. The third kappa shape index (κ3) is 2.74. The lowest BCUT2D eigenvalue weighted by molar-refractivity contribution is 0.0213. The van der Waals surface area contributed by atoms with E-state index >= 15 is 0 Å². The number of pyridine rings is 1. The van der Waals surface area contributed by atoms with Gasteiger partial charge in [0.05, 0.1) is 5.69 Å². The number of hydrogen-bond donors (Lipinski definition) is 1. The largest absolute Gasteiger partial charge is 0.444 e. The number of aromatic nitrogens is 1. The number of rotatable bonds is 1. The van der Waals surface area contributed by atoms with Crippen LogP contribution < -0.4 is 5.73 Å². The molecule has 3 heterocycles. The van der Waals surface area contributed by atoms with Crippen LogP contribution in [-0.2, 0) is 4.74 Å². The number of amides is 1. The lowest BCUT2D eigenvalue weighted by Crippen LogP contribution is -2.40. The molecule has 1 aromatic heterocycles. The molecule has 2 N–H and O–H groups in total. The number of anilines is 1. The molecule has 3 unspecified atom stereocenters. The SMILES string of the molecule is CC(C)(C)OC(=O)N1C2CCC1C(c1cnc(Cl)c(N)c1)C2. The third-order valence-corrected chi connectivity index (χ3v) is 4.77. The fourth-order valence-electron chi connectivity index (χ4n) is 3.63. The van der Waals surface area contributed by atoms with Crippen molar-refractivity contribution in [3.8, 4) is 0 Å². The molecule has 2 aliphatic heterocycles. The molecule has 2 aliphatic rings. The predicted molar refractivity (Wildman–Crippen MR) is 85.9 cm³/mol. The van der Waals surface area contributed by atoms with Crippen molar-refractivity contribution in [2.75, 3.05) is 5.73 Å². The fraction of sp³-hybridized carbons (Fsp3) is 0.625. The first kappa shape index (κ1) is 15.4. The topological polar surface area (TPSA) is 68.5 Å². The molecule has 6 heteroatoms. The summed E-state index contributed by atoms with van der Waals surface area (Å²) in [4.78, 5) is 18.5. The first-order valence-electron chi connectivity index (χ1n) is 7.68. The van der Waals surface area contributed by atoms with Crippen molar-refractivity contribution in [1.82, 2.24) is 9.88 Å². The number of nitrogens with two attached hydrogens (primary N) is 1. The molecule has 3 atom stereocenters. The highest BCUT2D eigenvalue weighted by Crippen LogP contribution is 2.47. The van der Waals surface area contributed by atoms with E-state index in [1.165, 1.54) is 0 Å². The second kappa shape index (κ2) is 5.30. The van der Waals surface area contributed by atoms with Crippen molar-refractivity contribution in [2.45, 2.75) is 63.6 Å². The Kier molecular flexibility index (Phi) is 3.71. The van der Waals surface area contributed by atoms with Crippen LogP contribution in [0.25, 0.3) is 0 Å². The molecule has 0 radical (unpaired) electrons. The van der Waals surface area contributed by atoms with Crippen LogP contribution in [0, 0.1) is 0 Å². The van der Waals surface area contributed by atoms with Crippen molar-refractivity contribution >= 4 is 23.4 Å². The van der Waals surface area contributed by atoms with Gasteiger partial charge in [0.25, 0.3) is 0 Å².